The zero-order valence-corrected chi connectivity index (χ0v) is 9.63. The van der Waals surface area contributed by atoms with E-state index in [0.29, 0.717) is 18.4 Å². The van der Waals surface area contributed by atoms with Crippen molar-refractivity contribution < 1.29 is 0 Å². The number of aromatic nitrogens is 2. The Hall–Kier alpha value is -0.350. The third-order valence-corrected chi connectivity index (χ3v) is 2.39. The number of aromatic amines is 1. The summed E-state index contributed by atoms with van der Waals surface area (Å²) in [6.45, 7) is 5.04. The average Bonchev–Trinajstić information content (AvgIpc) is 2.47. The third-order valence-electron chi connectivity index (χ3n) is 1.99. The maximum atomic E-state index is 5.69. The van der Waals surface area contributed by atoms with Gasteiger partial charge < -0.3 is 10.7 Å². The normalized spacial score (nSPS) is 13.6. The van der Waals surface area contributed by atoms with Crippen LogP contribution < -0.4 is 5.73 Å². The van der Waals surface area contributed by atoms with Gasteiger partial charge in [-0.15, -0.1) is 0 Å². The molecule has 0 saturated heterocycles. The van der Waals surface area contributed by atoms with Crippen molar-refractivity contribution >= 4 is 15.9 Å². The quantitative estimate of drug-likeness (QED) is 0.856. The van der Waals surface area contributed by atoms with Gasteiger partial charge in [-0.3, -0.25) is 0 Å². The van der Waals surface area contributed by atoms with Gasteiger partial charge in [0.25, 0.3) is 0 Å². The molecule has 1 aromatic rings. The van der Waals surface area contributed by atoms with Crippen LogP contribution in [0.1, 0.15) is 32.0 Å². The Morgan fingerprint density at radius 2 is 2.31 bits per heavy atom. The summed E-state index contributed by atoms with van der Waals surface area (Å²) in [5, 5.41) is 0. The van der Waals surface area contributed by atoms with E-state index in [1.54, 1.807) is 6.20 Å². The molecular weight excluding hydrogens is 230 g/mol. The van der Waals surface area contributed by atoms with E-state index in [2.05, 4.69) is 39.7 Å². The lowest BCUT2D eigenvalue weighted by Crippen LogP contribution is -2.15. The Balaban J connectivity index is 2.66. The highest BCUT2D eigenvalue weighted by Gasteiger charge is 2.14. The van der Waals surface area contributed by atoms with E-state index in [4.69, 9.17) is 5.73 Å². The SMILES string of the molecule is CC(C)CC(CN)c1ncc(Br)[nH]1. The van der Waals surface area contributed by atoms with Crippen LogP contribution in [0.4, 0.5) is 0 Å². The molecule has 13 heavy (non-hydrogen) atoms. The molecule has 0 aromatic carbocycles. The van der Waals surface area contributed by atoms with Crippen molar-refractivity contribution in [1.29, 1.82) is 0 Å². The Labute approximate surface area is 87.3 Å². The van der Waals surface area contributed by atoms with E-state index in [0.717, 1.165) is 16.8 Å². The monoisotopic (exact) mass is 245 g/mol. The number of halogens is 1. The van der Waals surface area contributed by atoms with Gasteiger partial charge in [0.15, 0.2) is 0 Å². The van der Waals surface area contributed by atoms with Crippen LogP contribution in [0.15, 0.2) is 10.8 Å². The molecule has 0 bridgehead atoms. The first-order chi connectivity index (χ1) is 6.13. The van der Waals surface area contributed by atoms with Crippen LogP contribution in [0.25, 0.3) is 0 Å². The smallest absolute Gasteiger partial charge is 0.111 e. The molecule has 0 aliphatic carbocycles. The topological polar surface area (TPSA) is 54.7 Å². The number of rotatable bonds is 4. The van der Waals surface area contributed by atoms with Crippen LogP contribution in [0, 0.1) is 5.92 Å². The van der Waals surface area contributed by atoms with E-state index in [1.165, 1.54) is 0 Å². The summed E-state index contributed by atoms with van der Waals surface area (Å²) < 4.78 is 0.921. The number of hydrogen-bond acceptors (Lipinski definition) is 2. The maximum Gasteiger partial charge on any atom is 0.111 e. The summed E-state index contributed by atoms with van der Waals surface area (Å²) in [6.07, 6.45) is 2.86. The van der Waals surface area contributed by atoms with Gasteiger partial charge in [0.05, 0.1) is 6.20 Å². The molecule has 1 aromatic heterocycles. The van der Waals surface area contributed by atoms with Crippen molar-refractivity contribution in [2.24, 2.45) is 11.7 Å². The predicted octanol–water partition coefficient (Wildman–Crippen LogP) is 2.26. The van der Waals surface area contributed by atoms with Gasteiger partial charge in [-0.1, -0.05) is 13.8 Å². The van der Waals surface area contributed by atoms with Gasteiger partial charge in [-0.05, 0) is 28.3 Å². The number of nitrogens with one attached hydrogen (secondary N) is 1. The minimum Gasteiger partial charge on any atom is -0.336 e. The molecule has 0 amide bonds. The zero-order valence-electron chi connectivity index (χ0n) is 8.05. The highest BCUT2D eigenvalue weighted by molar-refractivity contribution is 9.10. The molecule has 0 saturated carbocycles. The first-order valence-corrected chi connectivity index (χ1v) is 5.33. The third kappa shape index (κ3) is 3.12. The van der Waals surface area contributed by atoms with Crippen LogP contribution in [0.5, 0.6) is 0 Å². The number of imidazole rings is 1. The van der Waals surface area contributed by atoms with Gasteiger partial charge in [-0.25, -0.2) is 4.98 Å². The van der Waals surface area contributed by atoms with Gasteiger partial charge in [0, 0.05) is 12.5 Å². The summed E-state index contributed by atoms with van der Waals surface area (Å²) >= 11 is 3.34. The Morgan fingerprint density at radius 3 is 2.69 bits per heavy atom. The second-order valence-corrected chi connectivity index (χ2v) is 4.53. The number of H-pyrrole nitrogens is 1. The van der Waals surface area contributed by atoms with Crippen molar-refractivity contribution in [3.63, 3.8) is 0 Å². The van der Waals surface area contributed by atoms with E-state index in [9.17, 15) is 0 Å². The van der Waals surface area contributed by atoms with E-state index in [1.807, 2.05) is 0 Å². The highest BCUT2D eigenvalue weighted by Crippen LogP contribution is 2.21. The van der Waals surface area contributed by atoms with Gasteiger partial charge >= 0.3 is 0 Å². The molecule has 0 spiro atoms. The van der Waals surface area contributed by atoms with Crippen LogP contribution in [-0.4, -0.2) is 16.5 Å². The second-order valence-electron chi connectivity index (χ2n) is 3.68. The molecule has 0 aliphatic heterocycles. The Bertz CT molecular complexity index is 257. The van der Waals surface area contributed by atoms with E-state index in [-0.39, 0.29) is 0 Å². The molecule has 74 valence electrons. The average molecular weight is 246 g/mol. The summed E-state index contributed by atoms with van der Waals surface area (Å²) in [6, 6.07) is 0. The molecule has 3 nitrogen and oxygen atoms in total. The molecule has 4 heteroatoms. The number of nitrogens with zero attached hydrogens (tertiary/aromatic N) is 1. The largest absolute Gasteiger partial charge is 0.336 e. The number of nitrogens with two attached hydrogens (primary N) is 1. The fourth-order valence-electron chi connectivity index (χ4n) is 1.41. The molecule has 1 atom stereocenters. The molecule has 1 heterocycles. The van der Waals surface area contributed by atoms with Crippen molar-refractivity contribution in [3.05, 3.63) is 16.6 Å². The standard InChI is InChI=1S/C9H16BrN3/c1-6(2)3-7(4-11)9-12-5-8(10)13-9/h5-7H,3-4,11H2,1-2H3,(H,12,13). The lowest BCUT2D eigenvalue weighted by atomic mass is 9.97. The van der Waals surface area contributed by atoms with Crippen LogP contribution in [0.3, 0.4) is 0 Å². The Morgan fingerprint density at radius 1 is 1.62 bits per heavy atom. The lowest BCUT2D eigenvalue weighted by molar-refractivity contribution is 0.490. The summed E-state index contributed by atoms with van der Waals surface area (Å²) in [7, 11) is 0. The second kappa shape index (κ2) is 4.77. The summed E-state index contributed by atoms with van der Waals surface area (Å²) in [5.41, 5.74) is 5.69. The minimum absolute atomic E-state index is 0.353. The molecule has 1 rings (SSSR count). The predicted molar refractivity (Wildman–Crippen MR) is 57.5 cm³/mol. The van der Waals surface area contributed by atoms with Crippen molar-refractivity contribution in [1.82, 2.24) is 9.97 Å². The van der Waals surface area contributed by atoms with Crippen molar-refractivity contribution in [2.75, 3.05) is 6.54 Å². The molecule has 0 fully saturated rings. The van der Waals surface area contributed by atoms with Gasteiger partial charge in [-0.2, -0.15) is 0 Å². The van der Waals surface area contributed by atoms with Crippen molar-refractivity contribution in [2.45, 2.75) is 26.2 Å². The van der Waals surface area contributed by atoms with Crippen LogP contribution >= 0.6 is 15.9 Å². The summed E-state index contributed by atoms with van der Waals surface area (Å²) in [5.74, 6) is 1.99. The van der Waals surface area contributed by atoms with E-state index >= 15 is 0 Å². The fourth-order valence-corrected chi connectivity index (χ4v) is 1.71. The van der Waals surface area contributed by atoms with Gasteiger partial charge in [0.1, 0.15) is 10.4 Å². The van der Waals surface area contributed by atoms with Gasteiger partial charge in [0.2, 0.25) is 0 Å². The highest BCUT2D eigenvalue weighted by atomic mass is 79.9. The number of hydrogen-bond donors (Lipinski definition) is 2. The molecule has 3 N–H and O–H groups in total. The minimum atomic E-state index is 0.353. The first kappa shape index (κ1) is 10.7. The van der Waals surface area contributed by atoms with Crippen molar-refractivity contribution in [3.8, 4) is 0 Å². The Kier molecular flexibility index (Phi) is 3.93. The maximum absolute atomic E-state index is 5.69. The fraction of sp³-hybridized carbons (Fsp3) is 0.667. The molecule has 1 unspecified atom stereocenters. The summed E-state index contributed by atoms with van der Waals surface area (Å²) in [4.78, 5) is 7.42. The van der Waals surface area contributed by atoms with Crippen LogP contribution in [0.2, 0.25) is 0 Å². The van der Waals surface area contributed by atoms with E-state index < -0.39 is 0 Å². The molecular formula is C9H16BrN3. The molecule has 0 radical (unpaired) electrons. The molecule has 0 aliphatic rings. The van der Waals surface area contributed by atoms with Crippen LogP contribution in [-0.2, 0) is 0 Å². The lowest BCUT2D eigenvalue weighted by Gasteiger charge is -2.14. The first-order valence-electron chi connectivity index (χ1n) is 4.54. The zero-order chi connectivity index (χ0) is 9.84.